The van der Waals surface area contributed by atoms with Gasteiger partial charge in [0.1, 0.15) is 0 Å². The zero-order valence-electron chi connectivity index (χ0n) is 12.5. The number of carbonyl (C=O) groups excluding carboxylic acids is 2. The van der Waals surface area contributed by atoms with Crippen molar-refractivity contribution in [2.75, 3.05) is 25.0 Å². The number of anilines is 1. The normalized spacial score (nSPS) is 18.0. The maximum atomic E-state index is 12.5. The van der Waals surface area contributed by atoms with E-state index in [1.807, 2.05) is 0 Å². The van der Waals surface area contributed by atoms with Crippen LogP contribution in [0.25, 0.3) is 0 Å². The van der Waals surface area contributed by atoms with Crippen molar-refractivity contribution in [1.82, 2.24) is 4.90 Å². The van der Waals surface area contributed by atoms with Crippen LogP contribution in [-0.2, 0) is 0 Å². The van der Waals surface area contributed by atoms with Crippen molar-refractivity contribution in [3.05, 3.63) is 41.2 Å². The third-order valence-electron chi connectivity index (χ3n) is 3.86. The minimum atomic E-state index is -0.339. The molecular weight excluding hydrogens is 316 g/mol. The van der Waals surface area contributed by atoms with Crippen molar-refractivity contribution >= 4 is 28.2 Å². The Labute approximate surface area is 137 Å². The first-order chi connectivity index (χ1) is 11.2. The van der Waals surface area contributed by atoms with Gasteiger partial charge in [-0.15, -0.1) is 11.3 Å². The van der Waals surface area contributed by atoms with E-state index in [1.54, 1.807) is 29.2 Å². The number of nitrogens with one attached hydrogen (secondary N) is 1. The number of piperidine rings is 1. The molecule has 7 heteroatoms. The minimum Gasteiger partial charge on any atom is -0.459 e. The van der Waals surface area contributed by atoms with Gasteiger partial charge in [0.05, 0.1) is 16.1 Å². The third kappa shape index (κ3) is 3.62. The Balaban J connectivity index is 1.64. The van der Waals surface area contributed by atoms with Crippen molar-refractivity contribution in [3.63, 3.8) is 0 Å². The largest absolute Gasteiger partial charge is 0.459 e. The Hall–Kier alpha value is -2.12. The SMILES string of the molecule is O=C(Nc1ccc(C(=O)N2CCCC(CO)C2)s1)c1ccco1. The molecule has 6 nitrogen and oxygen atoms in total. The van der Waals surface area contributed by atoms with Gasteiger partial charge in [0, 0.05) is 19.7 Å². The average Bonchev–Trinajstić information content (AvgIpc) is 3.26. The van der Waals surface area contributed by atoms with Gasteiger partial charge in [-0.2, -0.15) is 0 Å². The van der Waals surface area contributed by atoms with Crippen LogP contribution in [0, 0.1) is 5.92 Å². The number of furan rings is 1. The molecule has 1 atom stereocenters. The van der Waals surface area contributed by atoms with Gasteiger partial charge in [-0.1, -0.05) is 0 Å². The second-order valence-corrected chi connectivity index (χ2v) is 6.62. The van der Waals surface area contributed by atoms with Crippen LogP contribution < -0.4 is 5.32 Å². The van der Waals surface area contributed by atoms with Gasteiger partial charge in [0.2, 0.25) is 0 Å². The lowest BCUT2D eigenvalue weighted by atomic mass is 9.99. The molecule has 0 radical (unpaired) electrons. The number of rotatable bonds is 4. The Morgan fingerprint density at radius 3 is 3.00 bits per heavy atom. The number of aliphatic hydroxyl groups is 1. The van der Waals surface area contributed by atoms with Crippen molar-refractivity contribution < 1.29 is 19.1 Å². The molecule has 2 aromatic heterocycles. The molecule has 3 heterocycles. The highest BCUT2D eigenvalue weighted by Crippen LogP contribution is 2.26. The van der Waals surface area contributed by atoms with Crippen LogP contribution in [0.5, 0.6) is 0 Å². The van der Waals surface area contributed by atoms with Crippen LogP contribution in [-0.4, -0.2) is 41.5 Å². The van der Waals surface area contributed by atoms with Gasteiger partial charge in [0.15, 0.2) is 5.76 Å². The zero-order valence-corrected chi connectivity index (χ0v) is 13.3. The first-order valence-electron chi connectivity index (χ1n) is 7.52. The maximum absolute atomic E-state index is 12.5. The third-order valence-corrected chi connectivity index (χ3v) is 4.85. The molecule has 2 amide bonds. The molecule has 1 saturated heterocycles. The van der Waals surface area contributed by atoms with Gasteiger partial charge in [0.25, 0.3) is 11.8 Å². The van der Waals surface area contributed by atoms with Gasteiger partial charge >= 0.3 is 0 Å². The van der Waals surface area contributed by atoms with Crippen LogP contribution in [0.15, 0.2) is 34.9 Å². The van der Waals surface area contributed by atoms with Crippen LogP contribution >= 0.6 is 11.3 Å². The molecule has 0 saturated carbocycles. The molecule has 0 aliphatic carbocycles. The molecule has 2 aromatic rings. The van der Waals surface area contributed by atoms with E-state index in [-0.39, 0.29) is 30.1 Å². The molecule has 2 N–H and O–H groups in total. The fourth-order valence-corrected chi connectivity index (χ4v) is 3.52. The summed E-state index contributed by atoms with van der Waals surface area (Å²) in [6.45, 7) is 1.40. The van der Waals surface area contributed by atoms with Gasteiger partial charge in [-0.05, 0) is 43.0 Å². The van der Waals surface area contributed by atoms with Crippen LogP contribution in [0.2, 0.25) is 0 Å². The molecule has 122 valence electrons. The highest BCUT2D eigenvalue weighted by Gasteiger charge is 2.25. The number of amides is 2. The summed E-state index contributed by atoms with van der Waals surface area (Å²) >= 11 is 1.24. The zero-order chi connectivity index (χ0) is 16.2. The maximum Gasteiger partial charge on any atom is 0.291 e. The van der Waals surface area contributed by atoms with E-state index in [9.17, 15) is 14.7 Å². The smallest absolute Gasteiger partial charge is 0.291 e. The lowest BCUT2D eigenvalue weighted by Gasteiger charge is -2.31. The van der Waals surface area contributed by atoms with E-state index in [1.165, 1.54) is 17.6 Å². The van der Waals surface area contributed by atoms with E-state index in [4.69, 9.17) is 4.42 Å². The lowest BCUT2D eigenvalue weighted by Crippen LogP contribution is -2.40. The summed E-state index contributed by atoms with van der Waals surface area (Å²) in [4.78, 5) is 26.8. The number of thiophene rings is 1. The van der Waals surface area contributed by atoms with Crippen molar-refractivity contribution in [3.8, 4) is 0 Å². The summed E-state index contributed by atoms with van der Waals surface area (Å²) in [6.07, 6.45) is 3.30. The predicted molar refractivity (Wildman–Crippen MR) is 86.7 cm³/mol. The molecule has 0 bridgehead atoms. The second-order valence-electron chi connectivity index (χ2n) is 5.54. The lowest BCUT2D eigenvalue weighted by molar-refractivity contribution is 0.0625. The number of nitrogens with zero attached hydrogens (tertiary/aromatic N) is 1. The number of hydrogen-bond donors (Lipinski definition) is 2. The standard InChI is InChI=1S/C16H18N2O4S/c19-10-11-3-1-7-18(9-11)16(21)13-5-6-14(23-13)17-15(20)12-4-2-8-22-12/h2,4-6,8,11,19H,1,3,7,9-10H2,(H,17,20). The Bertz CT molecular complexity index is 680. The van der Waals surface area contributed by atoms with E-state index < -0.39 is 0 Å². The topological polar surface area (TPSA) is 82.8 Å². The van der Waals surface area contributed by atoms with E-state index in [0.717, 1.165) is 12.8 Å². The van der Waals surface area contributed by atoms with Crippen LogP contribution in [0.3, 0.4) is 0 Å². The molecular formula is C16H18N2O4S. The summed E-state index contributed by atoms with van der Waals surface area (Å²) in [5.74, 6) is -0.000281. The molecule has 0 spiro atoms. The molecule has 0 aromatic carbocycles. The Morgan fingerprint density at radius 1 is 1.39 bits per heavy atom. The monoisotopic (exact) mass is 334 g/mol. The number of hydrogen-bond acceptors (Lipinski definition) is 5. The summed E-state index contributed by atoms with van der Waals surface area (Å²) < 4.78 is 5.03. The summed E-state index contributed by atoms with van der Waals surface area (Å²) in [5.41, 5.74) is 0. The summed E-state index contributed by atoms with van der Waals surface area (Å²) in [6, 6.07) is 6.66. The average molecular weight is 334 g/mol. The molecule has 1 aliphatic rings. The molecule has 3 rings (SSSR count). The highest BCUT2D eigenvalue weighted by atomic mass is 32.1. The molecule has 1 unspecified atom stereocenters. The van der Waals surface area contributed by atoms with E-state index in [0.29, 0.717) is 23.0 Å². The van der Waals surface area contributed by atoms with Gasteiger partial charge in [-0.25, -0.2) is 0 Å². The van der Waals surface area contributed by atoms with Crippen LogP contribution in [0.4, 0.5) is 5.00 Å². The van der Waals surface area contributed by atoms with Crippen molar-refractivity contribution in [1.29, 1.82) is 0 Å². The number of aliphatic hydroxyl groups excluding tert-OH is 1. The first kappa shape index (κ1) is 15.8. The van der Waals surface area contributed by atoms with Gasteiger partial charge < -0.3 is 19.7 Å². The molecule has 1 aliphatic heterocycles. The number of likely N-dealkylation sites (tertiary alicyclic amines) is 1. The molecule has 1 fully saturated rings. The first-order valence-corrected chi connectivity index (χ1v) is 8.34. The van der Waals surface area contributed by atoms with Crippen molar-refractivity contribution in [2.45, 2.75) is 12.8 Å². The van der Waals surface area contributed by atoms with Crippen molar-refractivity contribution in [2.24, 2.45) is 5.92 Å². The summed E-state index contributed by atoms with van der Waals surface area (Å²) in [5, 5.41) is 12.6. The number of carbonyl (C=O) groups is 2. The molecule has 23 heavy (non-hydrogen) atoms. The Kier molecular flexibility index (Phi) is 4.78. The minimum absolute atomic E-state index is 0.0494. The second kappa shape index (κ2) is 6.97. The fourth-order valence-electron chi connectivity index (χ4n) is 2.66. The van der Waals surface area contributed by atoms with E-state index in [2.05, 4.69) is 5.32 Å². The predicted octanol–water partition coefficient (Wildman–Crippen LogP) is 2.44. The highest BCUT2D eigenvalue weighted by molar-refractivity contribution is 7.18. The van der Waals surface area contributed by atoms with Gasteiger partial charge in [-0.3, -0.25) is 9.59 Å². The summed E-state index contributed by atoms with van der Waals surface area (Å²) in [7, 11) is 0. The van der Waals surface area contributed by atoms with Crippen LogP contribution in [0.1, 0.15) is 33.1 Å². The van der Waals surface area contributed by atoms with E-state index >= 15 is 0 Å². The Morgan fingerprint density at radius 2 is 2.26 bits per heavy atom. The fraction of sp³-hybridized carbons (Fsp3) is 0.375. The quantitative estimate of drug-likeness (QED) is 0.899.